The van der Waals surface area contributed by atoms with Crippen molar-refractivity contribution >= 4 is 18.3 Å². The maximum absolute atomic E-state index is 12.2. The SMILES string of the molecule is Cc1ccc(C(N)C(=O)NCC2CC3CCC2C3)cc1.Cl. The van der Waals surface area contributed by atoms with E-state index in [9.17, 15) is 4.79 Å². The van der Waals surface area contributed by atoms with Gasteiger partial charge in [0.1, 0.15) is 6.04 Å². The summed E-state index contributed by atoms with van der Waals surface area (Å²) in [5.74, 6) is 2.41. The highest BCUT2D eigenvalue weighted by Crippen LogP contribution is 2.47. The van der Waals surface area contributed by atoms with Crippen LogP contribution in [-0.4, -0.2) is 12.5 Å². The van der Waals surface area contributed by atoms with Crippen LogP contribution in [0.1, 0.15) is 42.9 Å². The van der Waals surface area contributed by atoms with Crippen LogP contribution in [-0.2, 0) is 4.79 Å². The van der Waals surface area contributed by atoms with Crippen molar-refractivity contribution < 1.29 is 4.79 Å². The fraction of sp³-hybridized carbons (Fsp3) is 0.588. The maximum atomic E-state index is 12.2. The van der Waals surface area contributed by atoms with Crippen LogP contribution in [0, 0.1) is 24.7 Å². The summed E-state index contributed by atoms with van der Waals surface area (Å²) in [5.41, 5.74) is 8.11. The van der Waals surface area contributed by atoms with Crippen LogP contribution in [0.25, 0.3) is 0 Å². The largest absolute Gasteiger partial charge is 0.354 e. The average Bonchev–Trinajstić information content (AvgIpc) is 3.07. The van der Waals surface area contributed by atoms with Crippen LogP contribution in [0.15, 0.2) is 24.3 Å². The maximum Gasteiger partial charge on any atom is 0.241 e. The lowest BCUT2D eigenvalue weighted by atomic mass is 9.89. The van der Waals surface area contributed by atoms with Crippen molar-refractivity contribution in [2.75, 3.05) is 6.54 Å². The molecule has 1 aromatic rings. The molecule has 4 heteroatoms. The molecule has 2 aliphatic carbocycles. The molecule has 116 valence electrons. The van der Waals surface area contributed by atoms with Gasteiger partial charge in [-0.2, -0.15) is 0 Å². The Morgan fingerprint density at radius 3 is 2.57 bits per heavy atom. The molecule has 21 heavy (non-hydrogen) atoms. The topological polar surface area (TPSA) is 55.1 Å². The van der Waals surface area contributed by atoms with Crippen LogP contribution in [0.5, 0.6) is 0 Å². The van der Waals surface area contributed by atoms with E-state index in [1.165, 1.54) is 31.2 Å². The zero-order valence-corrected chi connectivity index (χ0v) is 13.4. The smallest absolute Gasteiger partial charge is 0.241 e. The van der Waals surface area contributed by atoms with Crippen molar-refractivity contribution in [3.8, 4) is 0 Å². The molecule has 1 aromatic carbocycles. The summed E-state index contributed by atoms with van der Waals surface area (Å²) in [6.45, 7) is 2.84. The Kier molecular flexibility index (Phi) is 5.28. The van der Waals surface area contributed by atoms with Gasteiger partial charge >= 0.3 is 0 Å². The molecule has 0 heterocycles. The fourth-order valence-corrected chi connectivity index (χ4v) is 3.89. The van der Waals surface area contributed by atoms with Gasteiger partial charge in [0.05, 0.1) is 0 Å². The summed E-state index contributed by atoms with van der Waals surface area (Å²) in [7, 11) is 0. The third-order valence-electron chi connectivity index (χ3n) is 5.14. The average molecular weight is 309 g/mol. The Balaban J connectivity index is 0.00000161. The lowest BCUT2D eigenvalue weighted by molar-refractivity contribution is -0.122. The molecule has 2 aliphatic rings. The second-order valence-electron chi connectivity index (χ2n) is 6.57. The van der Waals surface area contributed by atoms with Crippen molar-refractivity contribution in [3.63, 3.8) is 0 Å². The van der Waals surface area contributed by atoms with Gasteiger partial charge in [-0.1, -0.05) is 36.2 Å². The minimum Gasteiger partial charge on any atom is -0.354 e. The Labute approximate surface area is 133 Å². The van der Waals surface area contributed by atoms with Crippen LogP contribution in [0.4, 0.5) is 0 Å². The molecular formula is C17H25ClN2O. The highest BCUT2D eigenvalue weighted by molar-refractivity contribution is 5.85. The predicted octanol–water partition coefficient (Wildman–Crippen LogP) is 2.97. The number of hydrogen-bond acceptors (Lipinski definition) is 2. The van der Waals surface area contributed by atoms with E-state index in [4.69, 9.17) is 5.73 Å². The number of halogens is 1. The van der Waals surface area contributed by atoms with Crippen molar-refractivity contribution in [1.29, 1.82) is 0 Å². The van der Waals surface area contributed by atoms with Gasteiger partial charge in [-0.3, -0.25) is 4.79 Å². The molecule has 3 rings (SSSR count). The minimum atomic E-state index is -0.547. The summed E-state index contributed by atoms with van der Waals surface area (Å²) in [6.07, 6.45) is 5.43. The number of rotatable bonds is 4. The summed E-state index contributed by atoms with van der Waals surface area (Å²) in [4.78, 5) is 12.2. The first kappa shape index (κ1) is 16.3. The Hall–Kier alpha value is -1.06. The van der Waals surface area contributed by atoms with Crippen LogP contribution >= 0.6 is 12.4 Å². The fourth-order valence-electron chi connectivity index (χ4n) is 3.89. The molecule has 4 atom stereocenters. The lowest BCUT2D eigenvalue weighted by Crippen LogP contribution is -2.38. The van der Waals surface area contributed by atoms with Crippen molar-refractivity contribution in [2.45, 2.75) is 38.6 Å². The third-order valence-corrected chi connectivity index (χ3v) is 5.14. The van der Waals surface area contributed by atoms with Crippen LogP contribution < -0.4 is 11.1 Å². The Bertz CT molecular complexity index is 488. The molecule has 3 N–H and O–H groups in total. The number of benzene rings is 1. The van der Waals surface area contributed by atoms with Gasteiger partial charge in [-0.05, 0) is 49.5 Å². The first-order valence-electron chi connectivity index (χ1n) is 7.73. The van der Waals surface area contributed by atoms with Crippen LogP contribution in [0.3, 0.4) is 0 Å². The zero-order valence-electron chi connectivity index (χ0n) is 12.5. The summed E-state index contributed by atoms with van der Waals surface area (Å²) in [6, 6.07) is 7.33. The van der Waals surface area contributed by atoms with Crippen molar-refractivity contribution in [3.05, 3.63) is 35.4 Å². The Morgan fingerprint density at radius 1 is 1.29 bits per heavy atom. The predicted molar refractivity (Wildman–Crippen MR) is 87.3 cm³/mol. The molecule has 3 nitrogen and oxygen atoms in total. The highest BCUT2D eigenvalue weighted by Gasteiger charge is 2.39. The molecule has 2 bridgehead atoms. The number of hydrogen-bond donors (Lipinski definition) is 2. The minimum absolute atomic E-state index is 0. The van der Waals surface area contributed by atoms with E-state index in [0.29, 0.717) is 5.92 Å². The molecule has 2 saturated carbocycles. The van der Waals surface area contributed by atoms with E-state index in [1.54, 1.807) is 0 Å². The quantitative estimate of drug-likeness (QED) is 0.898. The highest BCUT2D eigenvalue weighted by atomic mass is 35.5. The first-order chi connectivity index (χ1) is 9.63. The third kappa shape index (κ3) is 3.58. The van der Waals surface area contributed by atoms with E-state index >= 15 is 0 Å². The van der Waals surface area contributed by atoms with Gasteiger partial charge in [0.15, 0.2) is 0 Å². The summed E-state index contributed by atoms with van der Waals surface area (Å²) in [5, 5.41) is 3.06. The number of nitrogens with two attached hydrogens (primary N) is 1. The number of fused-ring (bicyclic) bond motifs is 2. The molecule has 1 amide bonds. The van der Waals surface area contributed by atoms with E-state index in [1.807, 2.05) is 31.2 Å². The molecule has 0 aromatic heterocycles. The number of aryl methyl sites for hydroxylation is 1. The number of amides is 1. The first-order valence-corrected chi connectivity index (χ1v) is 7.73. The Morgan fingerprint density at radius 2 is 2.00 bits per heavy atom. The van der Waals surface area contributed by atoms with E-state index < -0.39 is 6.04 Å². The second kappa shape index (κ2) is 6.80. The van der Waals surface area contributed by atoms with Crippen molar-refractivity contribution in [2.24, 2.45) is 23.5 Å². The van der Waals surface area contributed by atoms with Gasteiger partial charge in [-0.25, -0.2) is 0 Å². The van der Waals surface area contributed by atoms with E-state index in [-0.39, 0.29) is 18.3 Å². The van der Waals surface area contributed by atoms with Crippen LogP contribution in [0.2, 0.25) is 0 Å². The molecule has 0 radical (unpaired) electrons. The van der Waals surface area contributed by atoms with Gasteiger partial charge in [0, 0.05) is 6.54 Å². The number of carbonyl (C=O) groups excluding carboxylic acids is 1. The van der Waals surface area contributed by atoms with E-state index in [2.05, 4.69) is 5.32 Å². The van der Waals surface area contributed by atoms with Gasteiger partial charge in [0.25, 0.3) is 0 Å². The molecule has 0 aliphatic heterocycles. The molecule has 2 fully saturated rings. The number of nitrogens with one attached hydrogen (secondary N) is 1. The molecule has 0 saturated heterocycles. The lowest BCUT2D eigenvalue weighted by Gasteiger charge is -2.22. The normalized spacial score (nSPS) is 28.0. The second-order valence-corrected chi connectivity index (χ2v) is 6.57. The van der Waals surface area contributed by atoms with Gasteiger partial charge in [-0.15, -0.1) is 12.4 Å². The standard InChI is InChI=1S/C17H24N2O.ClH/c1-11-2-5-13(6-3-11)16(18)17(20)19-10-15-9-12-4-7-14(15)8-12;/h2-3,5-6,12,14-16H,4,7-10,18H2,1H3,(H,19,20);1H. The molecule has 0 spiro atoms. The van der Waals surface area contributed by atoms with Crippen molar-refractivity contribution in [1.82, 2.24) is 5.32 Å². The summed E-state index contributed by atoms with van der Waals surface area (Å²) >= 11 is 0. The molecule has 4 unspecified atom stereocenters. The van der Waals surface area contributed by atoms with Gasteiger partial charge < -0.3 is 11.1 Å². The number of carbonyl (C=O) groups is 1. The monoisotopic (exact) mass is 308 g/mol. The van der Waals surface area contributed by atoms with Gasteiger partial charge in [0.2, 0.25) is 5.91 Å². The molecular weight excluding hydrogens is 284 g/mol. The zero-order chi connectivity index (χ0) is 14.1. The van der Waals surface area contributed by atoms with E-state index in [0.717, 1.165) is 23.9 Å². The summed E-state index contributed by atoms with van der Waals surface area (Å²) < 4.78 is 0.